The fourth-order valence-electron chi connectivity index (χ4n) is 8.54. The molecule has 0 radical (unpaired) electrons. The van der Waals surface area contributed by atoms with Crippen LogP contribution >= 0.6 is 0 Å². The third-order valence-corrected chi connectivity index (χ3v) is 11.0. The molecule has 0 unspecified atom stereocenters. The van der Waals surface area contributed by atoms with Crippen LogP contribution in [0.4, 0.5) is 0 Å². The van der Waals surface area contributed by atoms with Gasteiger partial charge in [0.25, 0.3) is 0 Å². The van der Waals surface area contributed by atoms with Gasteiger partial charge in [0.05, 0.1) is 22.0 Å². The molecule has 0 saturated carbocycles. The van der Waals surface area contributed by atoms with Crippen molar-refractivity contribution in [1.29, 1.82) is 0 Å². The molecule has 1 nitrogen and oxygen atoms in total. The zero-order valence-electron chi connectivity index (χ0n) is 38.7. The predicted molar refractivity (Wildman–Crippen MR) is 243 cm³/mol. The maximum absolute atomic E-state index is 9.69. The first kappa shape index (κ1) is 25.6. The fraction of sp³-hybridized carbons (Fsp3) is 0. The molecule has 0 aliphatic rings. The molecule has 11 rings (SSSR count). The van der Waals surface area contributed by atoms with Gasteiger partial charge in [-0.25, -0.2) is 0 Å². The number of aromatic nitrogens is 1. The van der Waals surface area contributed by atoms with Crippen LogP contribution in [0.25, 0.3) is 105 Å². The molecule has 0 bridgehead atoms. The van der Waals surface area contributed by atoms with Crippen LogP contribution < -0.4 is 0 Å². The Bertz CT molecular complexity index is 3520. The lowest BCUT2D eigenvalue weighted by atomic mass is 9.79. The molecule has 1 heterocycles. The Balaban J connectivity index is 1.29. The Morgan fingerprint density at radius 1 is 0.298 bits per heavy atom. The molecule has 1 aromatic heterocycles. The number of fused-ring (bicyclic) bond motifs is 5. The zero-order valence-corrected chi connectivity index (χ0v) is 30.7. The van der Waals surface area contributed by atoms with Crippen molar-refractivity contribution in [2.24, 2.45) is 0 Å². The SMILES string of the molecule is [2H]c1c([2H])c([2H])c2c(-c3c(-c4ccccc4)cc(-c4ccc(-n5c6ccccc6c6ccccc65)cc4)cc3-c3ccccc3)c3c([2H])c([2H])c([2H])c([2H])c3c(-c3ccccc3)c2c1[2H]. The molecule has 266 valence electrons. The van der Waals surface area contributed by atoms with Gasteiger partial charge in [0.1, 0.15) is 0 Å². The van der Waals surface area contributed by atoms with Crippen molar-refractivity contribution in [1.82, 2.24) is 4.57 Å². The van der Waals surface area contributed by atoms with Crippen LogP contribution in [-0.2, 0) is 0 Å². The van der Waals surface area contributed by atoms with Crippen LogP contribution in [0.15, 0.2) is 224 Å². The first-order valence-electron chi connectivity index (χ1n) is 23.0. The number of para-hydroxylation sites is 2. The van der Waals surface area contributed by atoms with Gasteiger partial charge in [-0.2, -0.15) is 0 Å². The summed E-state index contributed by atoms with van der Waals surface area (Å²) in [4.78, 5) is 0. The van der Waals surface area contributed by atoms with E-state index in [1.165, 1.54) is 10.8 Å². The number of hydrogen-bond acceptors (Lipinski definition) is 0. The van der Waals surface area contributed by atoms with Gasteiger partial charge in [-0.1, -0.05) is 188 Å². The second-order valence-electron chi connectivity index (χ2n) is 14.2. The molecule has 0 atom stereocenters. The third kappa shape index (κ3) is 5.47. The predicted octanol–water partition coefficient (Wildman–Crippen LogP) is 15.4. The van der Waals surface area contributed by atoms with Crippen LogP contribution in [-0.4, -0.2) is 4.57 Å². The van der Waals surface area contributed by atoms with Gasteiger partial charge in [0, 0.05) is 16.5 Å². The fourth-order valence-corrected chi connectivity index (χ4v) is 8.54. The van der Waals surface area contributed by atoms with Crippen LogP contribution in [0.1, 0.15) is 11.0 Å². The second-order valence-corrected chi connectivity index (χ2v) is 14.2. The summed E-state index contributed by atoms with van der Waals surface area (Å²) in [5.41, 5.74) is 9.91. The lowest BCUT2D eigenvalue weighted by Gasteiger charge is -2.23. The molecule has 10 aromatic carbocycles. The Morgan fingerprint density at radius 2 is 0.702 bits per heavy atom. The average molecular weight is 732 g/mol. The molecule has 1 heteroatoms. The topological polar surface area (TPSA) is 4.93 Å². The van der Waals surface area contributed by atoms with Crippen LogP contribution in [0.5, 0.6) is 0 Å². The molecular formula is C56H37N. The second kappa shape index (κ2) is 13.7. The van der Waals surface area contributed by atoms with Gasteiger partial charge >= 0.3 is 0 Å². The number of hydrogen-bond donors (Lipinski definition) is 0. The number of benzene rings is 10. The maximum Gasteiger partial charge on any atom is 0.0629 e. The zero-order chi connectivity index (χ0) is 44.7. The van der Waals surface area contributed by atoms with E-state index >= 15 is 0 Å². The lowest BCUT2D eigenvalue weighted by Crippen LogP contribution is -1.97. The van der Waals surface area contributed by atoms with E-state index in [9.17, 15) is 5.48 Å². The monoisotopic (exact) mass is 731 g/mol. The molecule has 0 N–H and O–H groups in total. The van der Waals surface area contributed by atoms with Crippen molar-refractivity contribution in [3.05, 3.63) is 224 Å². The van der Waals surface area contributed by atoms with E-state index in [4.69, 9.17) is 5.48 Å². The van der Waals surface area contributed by atoms with Gasteiger partial charge in [-0.15, -0.1) is 0 Å². The van der Waals surface area contributed by atoms with E-state index in [2.05, 4.69) is 89.5 Å². The lowest BCUT2D eigenvalue weighted by molar-refractivity contribution is 1.18. The van der Waals surface area contributed by atoms with Gasteiger partial charge in [0.2, 0.25) is 0 Å². The normalized spacial score (nSPS) is 13.5. The van der Waals surface area contributed by atoms with E-state index in [0.29, 0.717) is 22.3 Å². The smallest absolute Gasteiger partial charge is 0.0629 e. The summed E-state index contributed by atoms with van der Waals surface area (Å²) in [6.45, 7) is 0. The van der Waals surface area contributed by atoms with Gasteiger partial charge in [-0.05, 0) is 114 Å². The maximum atomic E-state index is 9.69. The molecule has 0 amide bonds. The highest BCUT2D eigenvalue weighted by atomic mass is 15.0. The summed E-state index contributed by atoms with van der Waals surface area (Å²) in [7, 11) is 0. The minimum Gasteiger partial charge on any atom is -0.309 e. The third-order valence-electron chi connectivity index (χ3n) is 11.0. The van der Waals surface area contributed by atoms with E-state index < -0.39 is 24.2 Å². The highest BCUT2D eigenvalue weighted by Gasteiger charge is 2.23. The summed E-state index contributed by atoms with van der Waals surface area (Å²) in [5.74, 6) is 0. The standard InChI is InChI=1S/C56H37N/c1-4-18-39(19-5-1)50-36-42(38-32-34-43(35-33-38)57-52-30-16-14-24-44(52)45-25-15-17-31-53(45)57)37-51(40-20-6-2-7-21-40)56(50)55-48-28-12-10-26-46(48)54(41-22-8-3-9-23-41)47-27-11-13-29-49(47)55/h1-37H/i10D,11D,12D,13D,26D,27D,28D,29D. The average Bonchev–Trinajstić information content (AvgIpc) is 3.70. The number of nitrogens with zero attached hydrogens (tertiary/aromatic N) is 1. The molecule has 0 spiro atoms. The van der Waals surface area contributed by atoms with Crippen molar-refractivity contribution in [2.45, 2.75) is 0 Å². The van der Waals surface area contributed by atoms with E-state index in [1.54, 1.807) is 0 Å². The van der Waals surface area contributed by atoms with E-state index in [-0.39, 0.29) is 45.7 Å². The summed E-state index contributed by atoms with van der Waals surface area (Å²) >= 11 is 0. The molecule has 0 saturated heterocycles. The molecule has 0 aliphatic heterocycles. The van der Waals surface area contributed by atoms with Gasteiger partial charge in [-0.3, -0.25) is 0 Å². The first-order chi connectivity index (χ1) is 31.6. The summed E-state index contributed by atoms with van der Waals surface area (Å²) < 4.78 is 76.8. The van der Waals surface area contributed by atoms with E-state index in [0.717, 1.165) is 50.1 Å². The Labute approximate surface area is 343 Å². The molecular weight excluding hydrogens is 687 g/mol. The highest BCUT2D eigenvalue weighted by Crippen LogP contribution is 2.50. The van der Waals surface area contributed by atoms with Crippen molar-refractivity contribution in [2.75, 3.05) is 0 Å². The van der Waals surface area contributed by atoms with Crippen LogP contribution in [0.3, 0.4) is 0 Å². The van der Waals surface area contributed by atoms with Crippen LogP contribution in [0.2, 0.25) is 0 Å². The largest absolute Gasteiger partial charge is 0.309 e. The van der Waals surface area contributed by atoms with Crippen LogP contribution in [0, 0.1) is 0 Å². The minimum atomic E-state index is -0.439. The van der Waals surface area contributed by atoms with E-state index in [1.807, 2.05) is 91.0 Å². The highest BCUT2D eigenvalue weighted by molar-refractivity contribution is 6.24. The quantitative estimate of drug-likeness (QED) is 0.150. The molecule has 0 aliphatic carbocycles. The summed E-state index contributed by atoms with van der Waals surface area (Å²) in [6, 6.07) is 55.3. The van der Waals surface area contributed by atoms with Crippen molar-refractivity contribution < 1.29 is 11.0 Å². The molecule has 11 aromatic rings. The summed E-state index contributed by atoms with van der Waals surface area (Å²) in [6.07, 6.45) is 0. The van der Waals surface area contributed by atoms with Crippen molar-refractivity contribution in [3.63, 3.8) is 0 Å². The van der Waals surface area contributed by atoms with Gasteiger partial charge < -0.3 is 4.57 Å². The Hall–Kier alpha value is -7.48. The Kier molecular flexibility index (Phi) is 6.13. The molecule has 0 fully saturated rings. The first-order valence-corrected chi connectivity index (χ1v) is 19.0. The van der Waals surface area contributed by atoms with Crippen molar-refractivity contribution >= 4 is 43.4 Å². The summed E-state index contributed by atoms with van der Waals surface area (Å²) in [5, 5.41) is 3.05. The Morgan fingerprint density at radius 3 is 1.18 bits per heavy atom. The van der Waals surface area contributed by atoms with Gasteiger partial charge in [0.15, 0.2) is 0 Å². The number of rotatable bonds is 6. The van der Waals surface area contributed by atoms with Crippen molar-refractivity contribution in [3.8, 4) is 61.3 Å². The minimum absolute atomic E-state index is 0.171. The molecule has 57 heavy (non-hydrogen) atoms.